The second-order valence-corrected chi connectivity index (χ2v) is 4.82. The number of aromatic hydroxyl groups is 1. The van der Waals surface area contributed by atoms with Crippen LogP contribution in [-0.4, -0.2) is 17.3 Å². The largest absolute Gasteiger partial charge is 0.508 e. The summed E-state index contributed by atoms with van der Waals surface area (Å²) >= 11 is 0. The van der Waals surface area contributed by atoms with Gasteiger partial charge in [-0.15, -0.1) is 0 Å². The molecule has 2 aromatic rings. The predicted octanol–water partition coefficient (Wildman–Crippen LogP) is 2.96. The number of aliphatic hydroxyl groups is 1. The Kier molecular flexibility index (Phi) is 3.24. The molecule has 2 aromatic carbocycles. The second-order valence-electron chi connectivity index (χ2n) is 4.82. The molecule has 2 unspecified atom stereocenters. The summed E-state index contributed by atoms with van der Waals surface area (Å²) in [6, 6.07) is 12.4. The molecule has 0 saturated heterocycles. The highest BCUT2D eigenvalue weighted by Gasteiger charge is 2.29. The minimum absolute atomic E-state index is 0.127. The molecule has 0 bridgehead atoms. The maximum absolute atomic E-state index is 10.2. The summed E-state index contributed by atoms with van der Waals surface area (Å²) in [5.74, 6) is 1.46. The number of aliphatic hydroxyl groups excluding tert-OH is 1. The normalized spacial score (nSPS) is 20.9. The zero-order valence-corrected chi connectivity index (χ0v) is 11.1. The number of hydrogen-bond donors (Lipinski definition) is 2. The average Bonchev–Trinajstić information content (AvgIpc) is 2.47. The van der Waals surface area contributed by atoms with Crippen molar-refractivity contribution in [3.8, 4) is 17.2 Å². The van der Waals surface area contributed by atoms with Crippen molar-refractivity contribution >= 4 is 0 Å². The van der Waals surface area contributed by atoms with Crippen LogP contribution in [0.2, 0.25) is 0 Å². The second kappa shape index (κ2) is 5.06. The third kappa shape index (κ3) is 2.18. The molecule has 0 fully saturated rings. The highest BCUT2D eigenvalue weighted by Crippen LogP contribution is 2.43. The number of phenolic OH excluding ortho intramolecular Hbond substituents is 1. The molecule has 4 heteroatoms. The standard InChI is InChI=1S/C16H16O4/c1-19-14-5-3-2-4-11(14)16-9-13(18)12-8-10(17)6-7-15(12)20-16/h2-8,13,16-18H,9H2,1H3. The predicted molar refractivity (Wildman–Crippen MR) is 74.0 cm³/mol. The van der Waals surface area contributed by atoms with Gasteiger partial charge in [0.05, 0.1) is 13.2 Å². The van der Waals surface area contributed by atoms with Crippen LogP contribution in [-0.2, 0) is 0 Å². The number of para-hydroxylation sites is 1. The summed E-state index contributed by atoms with van der Waals surface area (Å²) in [5.41, 5.74) is 1.53. The van der Waals surface area contributed by atoms with E-state index in [2.05, 4.69) is 0 Å². The monoisotopic (exact) mass is 272 g/mol. The van der Waals surface area contributed by atoms with Crippen LogP contribution in [0.3, 0.4) is 0 Å². The lowest BCUT2D eigenvalue weighted by Crippen LogP contribution is -2.19. The van der Waals surface area contributed by atoms with Crippen LogP contribution in [0.1, 0.15) is 29.8 Å². The number of hydrogen-bond acceptors (Lipinski definition) is 4. The molecule has 0 aromatic heterocycles. The Morgan fingerprint density at radius 3 is 2.75 bits per heavy atom. The van der Waals surface area contributed by atoms with E-state index < -0.39 is 6.10 Å². The Bertz CT molecular complexity index is 624. The van der Waals surface area contributed by atoms with Crippen LogP contribution in [0, 0.1) is 0 Å². The first-order valence-electron chi connectivity index (χ1n) is 6.49. The number of benzene rings is 2. The molecule has 2 N–H and O–H groups in total. The zero-order valence-electron chi connectivity index (χ0n) is 11.1. The van der Waals surface area contributed by atoms with E-state index in [1.54, 1.807) is 25.3 Å². The van der Waals surface area contributed by atoms with Crippen LogP contribution < -0.4 is 9.47 Å². The number of methoxy groups -OCH3 is 1. The van der Waals surface area contributed by atoms with Gasteiger partial charge >= 0.3 is 0 Å². The number of phenols is 1. The summed E-state index contributed by atoms with van der Waals surface area (Å²) in [6.45, 7) is 0. The summed E-state index contributed by atoms with van der Waals surface area (Å²) in [5, 5.41) is 19.7. The van der Waals surface area contributed by atoms with Gasteiger partial charge in [-0.1, -0.05) is 18.2 Å². The molecule has 0 aliphatic carbocycles. The minimum atomic E-state index is -0.666. The molecule has 0 radical (unpaired) electrons. The lowest BCUT2D eigenvalue weighted by molar-refractivity contribution is 0.0642. The quantitative estimate of drug-likeness (QED) is 0.882. The maximum Gasteiger partial charge on any atom is 0.130 e. The highest BCUT2D eigenvalue weighted by atomic mass is 16.5. The van der Waals surface area contributed by atoms with Gasteiger partial charge in [0.25, 0.3) is 0 Å². The minimum Gasteiger partial charge on any atom is -0.508 e. The van der Waals surface area contributed by atoms with Crippen LogP contribution in [0.15, 0.2) is 42.5 Å². The van der Waals surface area contributed by atoms with Gasteiger partial charge in [-0.05, 0) is 24.3 Å². The van der Waals surface area contributed by atoms with E-state index in [0.717, 1.165) is 11.3 Å². The van der Waals surface area contributed by atoms with Crippen molar-refractivity contribution in [3.05, 3.63) is 53.6 Å². The van der Waals surface area contributed by atoms with Crippen LogP contribution in [0.5, 0.6) is 17.2 Å². The summed E-state index contributed by atoms with van der Waals surface area (Å²) < 4.78 is 11.3. The Morgan fingerprint density at radius 1 is 1.15 bits per heavy atom. The van der Waals surface area contributed by atoms with Crippen LogP contribution >= 0.6 is 0 Å². The van der Waals surface area contributed by atoms with Gasteiger partial charge in [0.15, 0.2) is 0 Å². The van der Waals surface area contributed by atoms with E-state index in [1.807, 2.05) is 24.3 Å². The van der Waals surface area contributed by atoms with E-state index in [4.69, 9.17) is 9.47 Å². The van der Waals surface area contributed by atoms with Crippen molar-refractivity contribution in [2.75, 3.05) is 7.11 Å². The fourth-order valence-corrected chi connectivity index (χ4v) is 2.56. The maximum atomic E-state index is 10.2. The van der Waals surface area contributed by atoms with E-state index in [9.17, 15) is 10.2 Å². The third-order valence-electron chi connectivity index (χ3n) is 3.54. The van der Waals surface area contributed by atoms with Gasteiger partial charge < -0.3 is 19.7 Å². The van der Waals surface area contributed by atoms with Crippen molar-refractivity contribution in [1.82, 2.24) is 0 Å². The summed E-state index contributed by atoms with van der Waals surface area (Å²) in [4.78, 5) is 0. The number of rotatable bonds is 2. The molecule has 0 amide bonds. The topological polar surface area (TPSA) is 58.9 Å². The van der Waals surface area contributed by atoms with E-state index in [1.165, 1.54) is 0 Å². The Hall–Kier alpha value is -2.20. The van der Waals surface area contributed by atoms with Gasteiger partial charge in [-0.3, -0.25) is 0 Å². The van der Waals surface area contributed by atoms with Gasteiger partial charge in [0.1, 0.15) is 23.4 Å². The Labute approximate surface area is 117 Å². The van der Waals surface area contributed by atoms with E-state index in [-0.39, 0.29) is 11.9 Å². The highest BCUT2D eigenvalue weighted by molar-refractivity contribution is 5.44. The lowest BCUT2D eigenvalue weighted by atomic mass is 9.94. The first-order chi connectivity index (χ1) is 9.69. The van der Waals surface area contributed by atoms with Crippen molar-refractivity contribution in [3.63, 3.8) is 0 Å². The molecular formula is C16H16O4. The molecule has 1 aliphatic heterocycles. The van der Waals surface area contributed by atoms with Gasteiger partial charge in [-0.2, -0.15) is 0 Å². The molecule has 4 nitrogen and oxygen atoms in total. The molecule has 0 spiro atoms. The molecule has 0 saturated carbocycles. The van der Waals surface area contributed by atoms with Crippen molar-refractivity contribution < 1.29 is 19.7 Å². The molecular weight excluding hydrogens is 256 g/mol. The molecule has 3 rings (SSSR count). The molecule has 20 heavy (non-hydrogen) atoms. The summed E-state index contributed by atoms with van der Waals surface area (Å²) in [6.07, 6.45) is -0.504. The molecule has 1 heterocycles. The van der Waals surface area contributed by atoms with Crippen molar-refractivity contribution in [2.24, 2.45) is 0 Å². The van der Waals surface area contributed by atoms with Gasteiger partial charge in [0, 0.05) is 17.5 Å². The first kappa shape index (κ1) is 12.8. The number of ether oxygens (including phenoxy) is 2. The van der Waals surface area contributed by atoms with Crippen molar-refractivity contribution in [2.45, 2.75) is 18.6 Å². The zero-order chi connectivity index (χ0) is 14.1. The van der Waals surface area contributed by atoms with E-state index >= 15 is 0 Å². The SMILES string of the molecule is COc1ccccc1C1CC(O)c2cc(O)ccc2O1. The fourth-order valence-electron chi connectivity index (χ4n) is 2.56. The summed E-state index contributed by atoms with van der Waals surface area (Å²) in [7, 11) is 1.62. The van der Waals surface area contributed by atoms with Crippen LogP contribution in [0.25, 0.3) is 0 Å². The molecule has 2 atom stereocenters. The lowest BCUT2D eigenvalue weighted by Gasteiger charge is -2.30. The Morgan fingerprint density at radius 2 is 1.95 bits per heavy atom. The smallest absolute Gasteiger partial charge is 0.130 e. The van der Waals surface area contributed by atoms with Crippen LogP contribution in [0.4, 0.5) is 0 Å². The molecule has 104 valence electrons. The average molecular weight is 272 g/mol. The van der Waals surface area contributed by atoms with Gasteiger partial charge in [0.2, 0.25) is 0 Å². The number of fused-ring (bicyclic) bond motifs is 1. The van der Waals surface area contributed by atoms with Crippen molar-refractivity contribution in [1.29, 1.82) is 0 Å². The fraction of sp³-hybridized carbons (Fsp3) is 0.250. The Balaban J connectivity index is 1.97. The molecule has 1 aliphatic rings. The van der Waals surface area contributed by atoms with E-state index in [0.29, 0.717) is 17.7 Å². The first-order valence-corrected chi connectivity index (χ1v) is 6.49. The van der Waals surface area contributed by atoms with Gasteiger partial charge in [-0.25, -0.2) is 0 Å². The third-order valence-corrected chi connectivity index (χ3v) is 3.54.